The molecule has 0 aliphatic carbocycles. The summed E-state index contributed by atoms with van der Waals surface area (Å²) in [7, 11) is 0. The first-order valence-electron chi connectivity index (χ1n) is 6.22. The summed E-state index contributed by atoms with van der Waals surface area (Å²) in [4.78, 5) is 4.15. The van der Waals surface area contributed by atoms with E-state index < -0.39 is 0 Å². The third-order valence-electron chi connectivity index (χ3n) is 3.20. The van der Waals surface area contributed by atoms with E-state index in [-0.39, 0.29) is 5.95 Å². The predicted molar refractivity (Wildman–Crippen MR) is 73.7 cm³/mol. The smallest absolute Gasteiger partial charge is 0.240 e. The van der Waals surface area contributed by atoms with Gasteiger partial charge in [-0.05, 0) is 32.9 Å². The van der Waals surface area contributed by atoms with E-state index in [4.69, 9.17) is 5.73 Å². The van der Waals surface area contributed by atoms with Gasteiger partial charge in [0.25, 0.3) is 0 Å². The van der Waals surface area contributed by atoms with E-state index in [1.807, 2.05) is 36.1 Å². The van der Waals surface area contributed by atoms with Gasteiger partial charge in [-0.2, -0.15) is 10.1 Å². The van der Waals surface area contributed by atoms with Gasteiger partial charge in [0.2, 0.25) is 5.95 Å². The largest absolute Gasteiger partial charge is 0.366 e. The Labute approximate surface area is 110 Å². The highest BCUT2D eigenvalue weighted by atomic mass is 15.3. The number of anilines is 1. The molecule has 3 rings (SSSR count). The van der Waals surface area contributed by atoms with E-state index in [2.05, 4.69) is 29.0 Å². The average molecular weight is 256 g/mol. The zero-order chi connectivity index (χ0) is 13.6. The van der Waals surface area contributed by atoms with Crippen molar-refractivity contribution in [2.45, 2.75) is 26.8 Å². The lowest BCUT2D eigenvalue weighted by atomic mass is 10.1. The molecule has 2 N–H and O–H groups in total. The number of hydrogen-bond donors (Lipinski definition) is 1. The Morgan fingerprint density at radius 3 is 2.74 bits per heavy atom. The van der Waals surface area contributed by atoms with E-state index >= 15 is 0 Å². The number of fused-ring (bicyclic) bond motifs is 1. The van der Waals surface area contributed by atoms with Crippen molar-refractivity contribution >= 4 is 11.6 Å². The summed E-state index contributed by atoms with van der Waals surface area (Å²) in [6, 6.07) is 4.29. The minimum absolute atomic E-state index is 0.290. The second kappa shape index (κ2) is 4.08. The van der Waals surface area contributed by atoms with Crippen molar-refractivity contribution in [2.24, 2.45) is 0 Å². The van der Waals surface area contributed by atoms with Gasteiger partial charge >= 0.3 is 0 Å². The topological polar surface area (TPSA) is 74.0 Å². The van der Waals surface area contributed by atoms with Crippen LogP contribution in [0.1, 0.15) is 25.6 Å². The summed E-state index contributed by atoms with van der Waals surface area (Å²) < 4.78 is 3.70. The van der Waals surface area contributed by atoms with Crippen LogP contribution in [0, 0.1) is 6.92 Å². The Morgan fingerprint density at radius 2 is 2.05 bits per heavy atom. The van der Waals surface area contributed by atoms with Crippen molar-refractivity contribution < 1.29 is 0 Å². The summed E-state index contributed by atoms with van der Waals surface area (Å²) in [5.41, 5.74) is 9.56. The van der Waals surface area contributed by atoms with Crippen LogP contribution in [-0.2, 0) is 0 Å². The Morgan fingerprint density at radius 1 is 1.26 bits per heavy atom. The molecule has 3 aromatic heterocycles. The molecule has 3 aromatic rings. The first-order valence-corrected chi connectivity index (χ1v) is 6.22. The van der Waals surface area contributed by atoms with E-state index in [1.165, 1.54) is 0 Å². The molecular weight excluding hydrogens is 240 g/mol. The highest BCUT2D eigenvalue weighted by molar-refractivity contribution is 5.67. The zero-order valence-electron chi connectivity index (χ0n) is 11.2. The maximum Gasteiger partial charge on any atom is 0.240 e. The monoisotopic (exact) mass is 256 g/mol. The molecule has 0 aliphatic heterocycles. The van der Waals surface area contributed by atoms with Crippen LogP contribution in [0.2, 0.25) is 0 Å². The SMILES string of the molecule is Cc1c(-c2cnn(C(C)C)c2)ccc2nc(N)nn12. The van der Waals surface area contributed by atoms with Crippen LogP contribution in [0.3, 0.4) is 0 Å². The normalized spacial score (nSPS) is 11.6. The van der Waals surface area contributed by atoms with Crippen LogP contribution >= 0.6 is 0 Å². The Balaban J connectivity index is 2.16. The molecule has 0 radical (unpaired) electrons. The van der Waals surface area contributed by atoms with Gasteiger partial charge in [-0.15, -0.1) is 5.10 Å². The summed E-state index contributed by atoms with van der Waals surface area (Å²) in [6.45, 7) is 6.21. The Kier molecular flexibility index (Phi) is 2.51. The maximum absolute atomic E-state index is 5.63. The predicted octanol–water partition coefficient (Wildman–Crippen LogP) is 2.06. The number of pyridine rings is 1. The maximum atomic E-state index is 5.63. The van der Waals surface area contributed by atoms with Gasteiger partial charge < -0.3 is 5.73 Å². The standard InChI is InChI=1S/C13H16N6/c1-8(2)18-7-10(6-15-18)11-4-5-12-16-13(14)17-19(12)9(11)3/h4-8H,1-3H3,(H2,14,17). The van der Waals surface area contributed by atoms with Crippen LogP contribution in [0.25, 0.3) is 16.8 Å². The number of nitrogens with zero attached hydrogens (tertiary/aromatic N) is 5. The Hall–Kier alpha value is -2.37. The fourth-order valence-electron chi connectivity index (χ4n) is 2.15. The molecule has 0 atom stereocenters. The third-order valence-corrected chi connectivity index (χ3v) is 3.20. The number of nitrogen functional groups attached to an aromatic ring is 1. The summed E-state index contributed by atoms with van der Waals surface area (Å²) in [6.07, 6.45) is 3.91. The molecule has 0 amide bonds. The minimum Gasteiger partial charge on any atom is -0.366 e. The quantitative estimate of drug-likeness (QED) is 0.761. The molecule has 0 spiro atoms. The molecule has 0 aromatic carbocycles. The molecule has 6 heteroatoms. The highest BCUT2D eigenvalue weighted by Gasteiger charge is 2.11. The van der Waals surface area contributed by atoms with Crippen LogP contribution < -0.4 is 5.73 Å². The highest BCUT2D eigenvalue weighted by Crippen LogP contribution is 2.24. The van der Waals surface area contributed by atoms with Crippen LogP contribution in [-0.4, -0.2) is 24.4 Å². The van der Waals surface area contributed by atoms with Gasteiger partial charge in [-0.1, -0.05) is 0 Å². The summed E-state index contributed by atoms with van der Waals surface area (Å²) in [5, 5.41) is 8.56. The fourth-order valence-corrected chi connectivity index (χ4v) is 2.15. The van der Waals surface area contributed by atoms with Crippen molar-refractivity contribution in [1.29, 1.82) is 0 Å². The first-order chi connectivity index (χ1) is 9.06. The van der Waals surface area contributed by atoms with Gasteiger partial charge in [-0.3, -0.25) is 4.68 Å². The zero-order valence-corrected chi connectivity index (χ0v) is 11.2. The van der Waals surface area contributed by atoms with Gasteiger partial charge in [0.1, 0.15) is 0 Å². The molecule has 6 nitrogen and oxygen atoms in total. The molecule has 0 unspecified atom stereocenters. The molecule has 3 heterocycles. The van der Waals surface area contributed by atoms with Gasteiger partial charge in [0.15, 0.2) is 5.65 Å². The lowest BCUT2D eigenvalue weighted by molar-refractivity contribution is 0.532. The molecule has 0 saturated heterocycles. The number of aryl methyl sites for hydroxylation is 1. The van der Waals surface area contributed by atoms with E-state index in [1.54, 1.807) is 4.52 Å². The van der Waals surface area contributed by atoms with Crippen LogP contribution in [0.15, 0.2) is 24.5 Å². The average Bonchev–Trinajstić information content (AvgIpc) is 2.95. The Bertz CT molecular complexity index is 737. The van der Waals surface area contributed by atoms with E-state index in [0.29, 0.717) is 6.04 Å². The summed E-state index contributed by atoms with van der Waals surface area (Å²) in [5.74, 6) is 0.290. The second-order valence-corrected chi connectivity index (χ2v) is 4.88. The molecule has 19 heavy (non-hydrogen) atoms. The van der Waals surface area contributed by atoms with Crippen molar-refractivity contribution in [2.75, 3.05) is 5.73 Å². The van der Waals surface area contributed by atoms with Gasteiger partial charge in [0, 0.05) is 29.1 Å². The molecular formula is C13H16N6. The van der Waals surface area contributed by atoms with Crippen LogP contribution in [0.4, 0.5) is 5.95 Å². The third kappa shape index (κ3) is 1.85. The van der Waals surface area contributed by atoms with E-state index in [0.717, 1.165) is 22.5 Å². The second-order valence-electron chi connectivity index (χ2n) is 4.88. The van der Waals surface area contributed by atoms with Crippen molar-refractivity contribution in [3.63, 3.8) is 0 Å². The molecule has 0 saturated carbocycles. The number of rotatable bonds is 2. The van der Waals surface area contributed by atoms with Crippen LogP contribution in [0.5, 0.6) is 0 Å². The number of nitrogens with two attached hydrogens (primary N) is 1. The fraction of sp³-hybridized carbons (Fsp3) is 0.308. The van der Waals surface area contributed by atoms with Gasteiger partial charge in [0.05, 0.1) is 6.20 Å². The molecule has 0 fully saturated rings. The lowest BCUT2D eigenvalue weighted by Gasteiger charge is -2.05. The minimum atomic E-state index is 0.290. The first kappa shape index (κ1) is 11.7. The van der Waals surface area contributed by atoms with Crippen molar-refractivity contribution in [3.05, 3.63) is 30.2 Å². The van der Waals surface area contributed by atoms with Crippen molar-refractivity contribution in [3.8, 4) is 11.1 Å². The number of hydrogen-bond acceptors (Lipinski definition) is 4. The van der Waals surface area contributed by atoms with E-state index in [9.17, 15) is 0 Å². The molecule has 0 bridgehead atoms. The lowest BCUT2D eigenvalue weighted by Crippen LogP contribution is -2.00. The summed E-state index contributed by atoms with van der Waals surface area (Å²) >= 11 is 0. The van der Waals surface area contributed by atoms with Gasteiger partial charge in [-0.25, -0.2) is 4.52 Å². The molecule has 0 aliphatic rings. The number of aromatic nitrogens is 5. The molecule has 98 valence electrons. The van der Waals surface area contributed by atoms with Crippen molar-refractivity contribution in [1.82, 2.24) is 24.4 Å².